The number of nitrogens with zero attached hydrogens (tertiary/aromatic N) is 1. The van der Waals surface area contributed by atoms with E-state index in [-0.39, 0.29) is 17.9 Å². The molecule has 1 aromatic heterocycles. The van der Waals surface area contributed by atoms with E-state index < -0.39 is 17.7 Å². The van der Waals surface area contributed by atoms with Crippen molar-refractivity contribution in [3.8, 4) is 11.5 Å². The standard InChI is InChI=1S/C28H29NO6/c1-17(2)16-35-21-12-11-19(14-18(21)3)26(30)24-25(23-10-7-13-34-23)29(28(32)27(24)31)15-20-8-5-6-9-22(20)33-4/h5-14,17,25,30H,15-16H2,1-4H3/b26-24-. The van der Waals surface area contributed by atoms with Crippen molar-refractivity contribution in [2.45, 2.75) is 33.4 Å². The first-order valence-corrected chi connectivity index (χ1v) is 11.5. The molecule has 0 radical (unpaired) electrons. The number of rotatable bonds is 8. The van der Waals surface area contributed by atoms with Crippen LogP contribution in [0.5, 0.6) is 11.5 Å². The van der Waals surface area contributed by atoms with Gasteiger partial charge < -0.3 is 23.9 Å². The SMILES string of the molecule is COc1ccccc1CN1C(=O)C(=O)/C(=C(\O)c2ccc(OCC(C)C)c(C)c2)C1c1ccco1. The van der Waals surface area contributed by atoms with Crippen LogP contribution >= 0.6 is 0 Å². The molecule has 182 valence electrons. The van der Waals surface area contributed by atoms with Crippen molar-refractivity contribution in [2.75, 3.05) is 13.7 Å². The maximum atomic E-state index is 13.2. The maximum absolute atomic E-state index is 13.2. The van der Waals surface area contributed by atoms with Gasteiger partial charge in [0.2, 0.25) is 0 Å². The number of aliphatic hydroxyl groups is 1. The molecule has 1 aliphatic rings. The molecule has 1 atom stereocenters. The van der Waals surface area contributed by atoms with Gasteiger partial charge in [0, 0.05) is 11.1 Å². The van der Waals surface area contributed by atoms with Crippen LogP contribution in [-0.4, -0.2) is 35.4 Å². The van der Waals surface area contributed by atoms with E-state index in [9.17, 15) is 14.7 Å². The van der Waals surface area contributed by atoms with Crippen LogP contribution in [0.4, 0.5) is 0 Å². The lowest BCUT2D eigenvalue weighted by molar-refractivity contribution is -0.140. The highest BCUT2D eigenvalue weighted by Gasteiger charge is 2.47. The number of carbonyl (C=O) groups excluding carboxylic acids is 2. The molecule has 1 aliphatic heterocycles. The molecule has 2 heterocycles. The number of methoxy groups -OCH3 is 1. The number of aryl methyl sites for hydroxylation is 1. The molecule has 1 unspecified atom stereocenters. The van der Waals surface area contributed by atoms with E-state index >= 15 is 0 Å². The van der Waals surface area contributed by atoms with Crippen molar-refractivity contribution >= 4 is 17.4 Å². The second-order valence-corrected chi connectivity index (χ2v) is 8.94. The van der Waals surface area contributed by atoms with Gasteiger partial charge in [-0.15, -0.1) is 0 Å². The predicted molar refractivity (Wildman–Crippen MR) is 131 cm³/mol. The molecule has 0 saturated carbocycles. The molecule has 1 saturated heterocycles. The highest BCUT2D eigenvalue weighted by atomic mass is 16.5. The van der Waals surface area contributed by atoms with Crippen LogP contribution in [-0.2, 0) is 16.1 Å². The summed E-state index contributed by atoms with van der Waals surface area (Å²) in [6, 6.07) is 15.0. The number of para-hydroxylation sites is 1. The molecule has 0 spiro atoms. The van der Waals surface area contributed by atoms with Crippen molar-refractivity contribution in [3.63, 3.8) is 0 Å². The van der Waals surface area contributed by atoms with Gasteiger partial charge in [-0.2, -0.15) is 0 Å². The zero-order valence-electron chi connectivity index (χ0n) is 20.3. The molecule has 2 aromatic carbocycles. The monoisotopic (exact) mass is 475 g/mol. The quantitative estimate of drug-likeness (QED) is 0.272. The topological polar surface area (TPSA) is 89.2 Å². The summed E-state index contributed by atoms with van der Waals surface area (Å²) in [5.41, 5.74) is 1.95. The highest BCUT2D eigenvalue weighted by molar-refractivity contribution is 6.46. The second kappa shape index (κ2) is 10.1. The van der Waals surface area contributed by atoms with Crippen LogP contribution in [0.1, 0.15) is 42.3 Å². The van der Waals surface area contributed by atoms with E-state index in [0.717, 1.165) is 11.1 Å². The van der Waals surface area contributed by atoms with Crippen LogP contribution < -0.4 is 9.47 Å². The molecule has 0 aliphatic carbocycles. The minimum absolute atomic E-state index is 0.0184. The first kappa shape index (κ1) is 24.1. The number of Topliss-reactive ketones (excluding diaryl/α,β-unsaturated/α-hetero) is 1. The Morgan fingerprint density at radius 1 is 1.09 bits per heavy atom. The first-order chi connectivity index (χ1) is 16.8. The Morgan fingerprint density at radius 3 is 2.51 bits per heavy atom. The average Bonchev–Trinajstić information content (AvgIpc) is 3.46. The smallest absolute Gasteiger partial charge is 0.296 e. The molecular weight excluding hydrogens is 446 g/mol. The van der Waals surface area contributed by atoms with Crippen molar-refractivity contribution < 1.29 is 28.6 Å². The molecule has 1 N–H and O–H groups in total. The maximum Gasteiger partial charge on any atom is 0.296 e. The Bertz CT molecular complexity index is 1260. The van der Waals surface area contributed by atoms with Crippen molar-refractivity contribution in [3.05, 3.63) is 88.9 Å². The number of carbonyl (C=O) groups is 2. The third kappa shape index (κ3) is 4.80. The fourth-order valence-electron chi connectivity index (χ4n) is 4.17. The Kier molecular flexibility index (Phi) is 6.96. The van der Waals surface area contributed by atoms with E-state index in [2.05, 4.69) is 13.8 Å². The molecule has 7 nitrogen and oxygen atoms in total. The van der Waals surface area contributed by atoms with E-state index in [1.165, 1.54) is 11.2 Å². The molecule has 3 aromatic rings. The average molecular weight is 476 g/mol. The Hall–Kier alpha value is -4.00. The summed E-state index contributed by atoms with van der Waals surface area (Å²) in [5.74, 6) is 0.314. The number of benzene rings is 2. The Morgan fingerprint density at radius 2 is 1.86 bits per heavy atom. The Labute approximate surface area is 204 Å². The number of ether oxygens (including phenoxy) is 2. The summed E-state index contributed by atoms with van der Waals surface area (Å²) in [7, 11) is 1.55. The van der Waals surface area contributed by atoms with Crippen molar-refractivity contribution in [2.24, 2.45) is 5.92 Å². The summed E-state index contributed by atoms with van der Waals surface area (Å²) in [5, 5.41) is 11.3. The van der Waals surface area contributed by atoms with Crippen LogP contribution in [0, 0.1) is 12.8 Å². The Balaban J connectivity index is 1.76. The number of furan rings is 1. The number of amides is 1. The minimum Gasteiger partial charge on any atom is -0.507 e. The van der Waals surface area contributed by atoms with Crippen LogP contribution in [0.3, 0.4) is 0 Å². The fourth-order valence-corrected chi connectivity index (χ4v) is 4.17. The van der Waals surface area contributed by atoms with Gasteiger partial charge >= 0.3 is 0 Å². The number of likely N-dealkylation sites (tertiary alicyclic amines) is 1. The number of ketones is 1. The molecule has 0 bridgehead atoms. The van der Waals surface area contributed by atoms with Gasteiger partial charge in [-0.05, 0) is 54.8 Å². The molecule has 1 amide bonds. The van der Waals surface area contributed by atoms with E-state index in [4.69, 9.17) is 13.9 Å². The lowest BCUT2D eigenvalue weighted by atomic mass is 9.98. The summed E-state index contributed by atoms with van der Waals surface area (Å²) < 4.78 is 16.9. The molecule has 35 heavy (non-hydrogen) atoms. The lowest BCUT2D eigenvalue weighted by Crippen LogP contribution is -2.29. The van der Waals surface area contributed by atoms with Gasteiger partial charge in [-0.1, -0.05) is 32.0 Å². The van der Waals surface area contributed by atoms with Crippen LogP contribution in [0.15, 0.2) is 70.9 Å². The van der Waals surface area contributed by atoms with Crippen molar-refractivity contribution in [1.82, 2.24) is 4.90 Å². The summed E-state index contributed by atoms with van der Waals surface area (Å²) in [6.45, 7) is 6.68. The molecular formula is C28H29NO6. The van der Waals surface area contributed by atoms with Gasteiger partial charge in [0.15, 0.2) is 0 Å². The van der Waals surface area contributed by atoms with Gasteiger partial charge in [0.25, 0.3) is 11.7 Å². The van der Waals surface area contributed by atoms with Crippen molar-refractivity contribution in [1.29, 1.82) is 0 Å². The van der Waals surface area contributed by atoms with E-state index in [1.54, 1.807) is 43.5 Å². The molecule has 7 heteroatoms. The summed E-state index contributed by atoms with van der Waals surface area (Å²) >= 11 is 0. The lowest BCUT2D eigenvalue weighted by Gasteiger charge is -2.24. The fraction of sp³-hybridized carbons (Fsp3) is 0.286. The molecule has 4 rings (SSSR count). The van der Waals surface area contributed by atoms with Crippen LogP contribution in [0.2, 0.25) is 0 Å². The van der Waals surface area contributed by atoms with E-state index in [1.807, 2.05) is 25.1 Å². The highest BCUT2D eigenvalue weighted by Crippen LogP contribution is 2.41. The summed E-state index contributed by atoms with van der Waals surface area (Å²) in [4.78, 5) is 27.8. The predicted octanol–water partition coefficient (Wildman–Crippen LogP) is 5.25. The third-order valence-electron chi connectivity index (χ3n) is 5.91. The van der Waals surface area contributed by atoms with Gasteiger partial charge in [-0.25, -0.2) is 0 Å². The normalized spacial score (nSPS) is 17.3. The number of hydrogen-bond acceptors (Lipinski definition) is 6. The third-order valence-corrected chi connectivity index (χ3v) is 5.91. The largest absolute Gasteiger partial charge is 0.507 e. The molecule has 1 fully saturated rings. The van der Waals surface area contributed by atoms with Crippen LogP contribution in [0.25, 0.3) is 5.76 Å². The zero-order chi connectivity index (χ0) is 25.1. The van der Waals surface area contributed by atoms with Gasteiger partial charge in [-0.3, -0.25) is 9.59 Å². The van der Waals surface area contributed by atoms with Gasteiger partial charge in [0.1, 0.15) is 29.1 Å². The minimum atomic E-state index is -0.882. The van der Waals surface area contributed by atoms with Gasteiger partial charge in [0.05, 0.1) is 32.1 Å². The first-order valence-electron chi connectivity index (χ1n) is 11.5. The zero-order valence-corrected chi connectivity index (χ0v) is 20.3. The second-order valence-electron chi connectivity index (χ2n) is 8.94. The summed E-state index contributed by atoms with van der Waals surface area (Å²) in [6.07, 6.45) is 1.48. The van der Waals surface area contributed by atoms with E-state index in [0.29, 0.717) is 35.3 Å². The number of hydrogen-bond donors (Lipinski definition) is 1. The number of aliphatic hydroxyl groups excluding tert-OH is 1.